The first-order chi connectivity index (χ1) is 6.27. The molecule has 2 heterocycles. The maximum Gasteiger partial charge on any atom is 0.225 e. The number of aromatic hydroxyl groups is 1. The molecule has 2 rings (SSSR count). The molecule has 0 amide bonds. The molecule has 0 aliphatic carbocycles. The number of aromatic nitrogens is 2. The summed E-state index contributed by atoms with van der Waals surface area (Å²) in [4.78, 5) is 11.2. The Labute approximate surface area is 74.0 Å². The van der Waals surface area contributed by atoms with Crippen molar-refractivity contribution < 1.29 is 10.2 Å². The number of β-amino-alcohol motifs (C(OH)–C–C–N with tert-alkyl or cyclic N) is 1. The smallest absolute Gasteiger partial charge is 0.225 e. The van der Waals surface area contributed by atoms with Gasteiger partial charge in [-0.15, -0.1) is 0 Å². The third-order valence-corrected chi connectivity index (χ3v) is 1.69. The van der Waals surface area contributed by atoms with Crippen LogP contribution in [0.1, 0.15) is 5.56 Å². The van der Waals surface area contributed by atoms with Crippen molar-refractivity contribution >= 4 is 12.0 Å². The molecule has 0 fully saturated rings. The summed E-state index contributed by atoms with van der Waals surface area (Å²) in [6.07, 6.45) is 1.79. The van der Waals surface area contributed by atoms with Crippen LogP contribution in [0.15, 0.2) is 11.3 Å². The number of anilines is 1. The zero-order valence-electron chi connectivity index (χ0n) is 6.68. The van der Waals surface area contributed by atoms with Crippen molar-refractivity contribution in [3.63, 3.8) is 0 Å². The monoisotopic (exact) mass is 180 g/mol. The van der Waals surface area contributed by atoms with Gasteiger partial charge in [0.15, 0.2) is 6.23 Å². The molecular weight excluding hydrogens is 172 g/mol. The van der Waals surface area contributed by atoms with Gasteiger partial charge < -0.3 is 15.5 Å². The van der Waals surface area contributed by atoms with Crippen molar-refractivity contribution in [3.8, 4) is 5.88 Å². The molecule has 1 atom stereocenters. The molecule has 0 radical (unpaired) electrons. The minimum Gasteiger partial charge on any atom is -0.493 e. The van der Waals surface area contributed by atoms with E-state index < -0.39 is 6.23 Å². The van der Waals surface area contributed by atoms with Gasteiger partial charge in [-0.2, -0.15) is 0 Å². The van der Waals surface area contributed by atoms with Gasteiger partial charge in [-0.1, -0.05) is 0 Å². The highest BCUT2D eigenvalue weighted by molar-refractivity contribution is 5.89. The van der Waals surface area contributed by atoms with Gasteiger partial charge >= 0.3 is 0 Å². The van der Waals surface area contributed by atoms with E-state index in [4.69, 9.17) is 5.11 Å². The van der Waals surface area contributed by atoms with Gasteiger partial charge in [0.2, 0.25) is 5.88 Å². The first-order valence-corrected chi connectivity index (χ1v) is 3.76. The molecule has 0 aromatic carbocycles. The van der Waals surface area contributed by atoms with Crippen LogP contribution in [-0.4, -0.2) is 39.2 Å². The molecule has 0 spiro atoms. The molecule has 13 heavy (non-hydrogen) atoms. The van der Waals surface area contributed by atoms with E-state index in [9.17, 15) is 5.11 Å². The minimum absolute atomic E-state index is 0.143. The van der Waals surface area contributed by atoms with E-state index in [0.717, 1.165) is 0 Å². The Hall–Kier alpha value is -1.69. The Balaban J connectivity index is 2.47. The summed E-state index contributed by atoms with van der Waals surface area (Å²) in [5, 5.41) is 21.3. The summed E-state index contributed by atoms with van der Waals surface area (Å²) in [7, 11) is 0. The Bertz CT molecular complexity index is 352. The van der Waals surface area contributed by atoms with E-state index in [-0.39, 0.29) is 12.4 Å². The molecule has 1 aliphatic rings. The van der Waals surface area contributed by atoms with Gasteiger partial charge in [0.1, 0.15) is 12.1 Å². The third-order valence-electron chi connectivity index (χ3n) is 1.69. The summed E-state index contributed by atoms with van der Waals surface area (Å²) in [5.74, 6) is 0.336. The van der Waals surface area contributed by atoms with Gasteiger partial charge in [-0.25, -0.2) is 9.97 Å². The van der Waals surface area contributed by atoms with Crippen LogP contribution in [0, 0.1) is 0 Å². The van der Waals surface area contributed by atoms with Gasteiger partial charge in [0, 0.05) is 6.21 Å². The second-order valence-corrected chi connectivity index (χ2v) is 2.60. The Morgan fingerprint density at radius 1 is 1.46 bits per heavy atom. The van der Waals surface area contributed by atoms with Gasteiger partial charge in [0.05, 0.1) is 12.1 Å². The van der Waals surface area contributed by atoms with E-state index in [0.29, 0.717) is 11.4 Å². The first-order valence-electron chi connectivity index (χ1n) is 3.76. The summed E-state index contributed by atoms with van der Waals surface area (Å²) in [6.45, 7) is 0.278. The number of aliphatic hydroxyl groups is 1. The number of fused-ring (bicyclic) bond motifs is 1. The van der Waals surface area contributed by atoms with Crippen LogP contribution in [0.25, 0.3) is 0 Å². The molecule has 0 saturated carbocycles. The van der Waals surface area contributed by atoms with Crippen LogP contribution >= 0.6 is 0 Å². The highest BCUT2D eigenvalue weighted by atomic mass is 16.3. The molecule has 1 unspecified atom stereocenters. The van der Waals surface area contributed by atoms with E-state index in [2.05, 4.69) is 20.3 Å². The highest BCUT2D eigenvalue weighted by Gasteiger charge is 2.13. The lowest BCUT2D eigenvalue weighted by Gasteiger charge is -2.05. The molecule has 1 aromatic rings. The molecule has 68 valence electrons. The van der Waals surface area contributed by atoms with Gasteiger partial charge in [-0.05, 0) is 0 Å². The normalized spacial score (nSPS) is 20.2. The fourth-order valence-corrected chi connectivity index (χ4v) is 1.05. The molecule has 1 aromatic heterocycles. The topological polar surface area (TPSA) is 90.6 Å². The number of rotatable bonds is 0. The summed E-state index contributed by atoms with van der Waals surface area (Å²) in [6, 6.07) is 0. The average Bonchev–Trinajstić information content (AvgIpc) is 2.30. The second kappa shape index (κ2) is 2.98. The Kier molecular flexibility index (Phi) is 1.82. The molecule has 0 saturated heterocycles. The highest BCUT2D eigenvalue weighted by Crippen LogP contribution is 2.19. The predicted octanol–water partition coefficient (Wildman–Crippen LogP) is -0.655. The number of aliphatic imine (C=N–C) groups is 1. The number of nitrogens with one attached hydrogen (secondary N) is 1. The average molecular weight is 180 g/mol. The van der Waals surface area contributed by atoms with Crippen molar-refractivity contribution in [3.05, 3.63) is 11.9 Å². The van der Waals surface area contributed by atoms with E-state index in [1.165, 1.54) is 12.5 Å². The number of aliphatic hydroxyl groups excluding tert-OH is 1. The van der Waals surface area contributed by atoms with Gasteiger partial charge in [0.25, 0.3) is 0 Å². The largest absolute Gasteiger partial charge is 0.493 e. The van der Waals surface area contributed by atoms with Crippen LogP contribution in [-0.2, 0) is 0 Å². The lowest BCUT2D eigenvalue weighted by molar-refractivity contribution is 0.199. The molecule has 0 bridgehead atoms. The quantitative estimate of drug-likeness (QED) is 0.493. The van der Waals surface area contributed by atoms with Crippen LogP contribution < -0.4 is 5.32 Å². The van der Waals surface area contributed by atoms with Crippen molar-refractivity contribution in [2.75, 3.05) is 11.9 Å². The summed E-state index contributed by atoms with van der Waals surface area (Å²) >= 11 is 0. The van der Waals surface area contributed by atoms with Crippen molar-refractivity contribution in [2.24, 2.45) is 4.99 Å². The Morgan fingerprint density at radius 3 is 3.15 bits per heavy atom. The molecule has 6 nitrogen and oxygen atoms in total. The van der Waals surface area contributed by atoms with Crippen molar-refractivity contribution in [2.45, 2.75) is 6.23 Å². The van der Waals surface area contributed by atoms with Gasteiger partial charge in [-0.3, -0.25) is 4.99 Å². The lowest BCUT2D eigenvalue weighted by Crippen LogP contribution is -2.15. The fourth-order valence-electron chi connectivity index (χ4n) is 1.05. The van der Waals surface area contributed by atoms with E-state index >= 15 is 0 Å². The van der Waals surface area contributed by atoms with Crippen molar-refractivity contribution in [1.29, 1.82) is 0 Å². The molecule has 3 N–H and O–H groups in total. The summed E-state index contributed by atoms with van der Waals surface area (Å²) < 4.78 is 0. The number of nitrogens with zero attached hydrogens (tertiary/aromatic N) is 3. The maximum absolute atomic E-state index is 9.30. The van der Waals surface area contributed by atoms with Crippen LogP contribution in [0.3, 0.4) is 0 Å². The fraction of sp³-hybridized carbons (Fsp3) is 0.286. The zero-order chi connectivity index (χ0) is 9.26. The van der Waals surface area contributed by atoms with Crippen LogP contribution in [0.2, 0.25) is 0 Å². The lowest BCUT2D eigenvalue weighted by atomic mass is 10.3. The number of hydrogen-bond acceptors (Lipinski definition) is 6. The zero-order valence-corrected chi connectivity index (χ0v) is 6.68. The minimum atomic E-state index is -0.811. The third kappa shape index (κ3) is 1.43. The van der Waals surface area contributed by atoms with Crippen molar-refractivity contribution in [1.82, 2.24) is 9.97 Å². The molecule has 6 heteroatoms. The second-order valence-electron chi connectivity index (χ2n) is 2.60. The predicted molar refractivity (Wildman–Crippen MR) is 45.8 cm³/mol. The first kappa shape index (κ1) is 7.93. The SMILES string of the molecule is Oc1ncnc2c1C=NC(O)CN2. The number of hydrogen-bond donors (Lipinski definition) is 3. The van der Waals surface area contributed by atoms with E-state index in [1.54, 1.807) is 0 Å². The maximum atomic E-state index is 9.30. The molecular formula is C7H8N4O2. The van der Waals surface area contributed by atoms with Crippen LogP contribution in [0.4, 0.5) is 5.82 Å². The van der Waals surface area contributed by atoms with E-state index in [1.807, 2.05) is 0 Å². The summed E-state index contributed by atoms with van der Waals surface area (Å²) in [5.41, 5.74) is 0.402. The van der Waals surface area contributed by atoms with Crippen LogP contribution in [0.5, 0.6) is 5.88 Å². The Morgan fingerprint density at radius 2 is 2.31 bits per heavy atom. The molecule has 1 aliphatic heterocycles. The standard InChI is InChI=1S/C7H8N4O2/c12-5-2-9-6-4(1-8-5)7(13)11-3-10-6/h1,3,5,12H,2H2,(H2,9,10,11,13).